The number of nitrogens with one attached hydrogen (secondary N) is 1. The second-order valence-corrected chi connectivity index (χ2v) is 6.52. The number of phenols is 1. The molecule has 4 rings (SSSR count). The van der Waals surface area contributed by atoms with Gasteiger partial charge in [-0.05, 0) is 48.0 Å². The first-order chi connectivity index (χ1) is 14.0. The third kappa shape index (κ3) is 3.84. The average molecular weight is 389 g/mol. The van der Waals surface area contributed by atoms with Gasteiger partial charge in [-0.1, -0.05) is 12.1 Å². The Morgan fingerprint density at radius 2 is 1.76 bits per heavy atom. The summed E-state index contributed by atoms with van der Waals surface area (Å²) in [6, 6.07) is 13.8. The van der Waals surface area contributed by atoms with E-state index in [1.807, 2.05) is 0 Å². The smallest absolute Gasteiger partial charge is 0.296 e. The number of nitrogens with zero attached hydrogens (tertiary/aromatic N) is 2. The Labute approximate surface area is 165 Å². The monoisotopic (exact) mass is 389 g/mol. The molecule has 0 spiro atoms. The number of hydrogen-bond donors (Lipinski definition) is 2. The Hall–Kier alpha value is -4.00. The van der Waals surface area contributed by atoms with E-state index < -0.39 is 11.7 Å². The molecule has 6 nitrogen and oxygen atoms in total. The van der Waals surface area contributed by atoms with Crippen LogP contribution in [0.1, 0.15) is 15.9 Å². The number of pyridine rings is 1. The van der Waals surface area contributed by atoms with Gasteiger partial charge in [-0.2, -0.15) is 0 Å². The maximum Gasteiger partial charge on any atom is 0.296 e. The van der Waals surface area contributed by atoms with Crippen molar-refractivity contribution >= 4 is 28.3 Å². The van der Waals surface area contributed by atoms with Gasteiger partial charge < -0.3 is 15.0 Å². The lowest BCUT2D eigenvalue weighted by Gasteiger charge is -2.05. The highest BCUT2D eigenvalue weighted by Gasteiger charge is 2.22. The van der Waals surface area contributed by atoms with Crippen LogP contribution < -0.4 is 5.32 Å². The summed E-state index contributed by atoms with van der Waals surface area (Å²) in [7, 11) is 0. The first-order valence-corrected chi connectivity index (χ1v) is 8.83. The van der Waals surface area contributed by atoms with E-state index >= 15 is 0 Å². The normalized spacial score (nSPS) is 10.8. The number of carbonyl (C=O) groups excluding carboxylic acids is 2. The second kappa shape index (κ2) is 7.55. The van der Waals surface area contributed by atoms with E-state index in [4.69, 9.17) is 0 Å². The molecule has 0 atom stereocenters. The molecule has 29 heavy (non-hydrogen) atoms. The van der Waals surface area contributed by atoms with E-state index in [-0.39, 0.29) is 17.1 Å². The summed E-state index contributed by atoms with van der Waals surface area (Å²) in [6.07, 6.45) is 4.58. The molecule has 0 aliphatic carbocycles. The number of anilines is 1. The molecule has 0 aliphatic rings. The lowest BCUT2D eigenvalue weighted by atomic mass is 10.1. The number of Topliss-reactive ketones (excluding diaryl/α,β-unsaturated/α-hetero) is 1. The van der Waals surface area contributed by atoms with Gasteiger partial charge in [0.25, 0.3) is 11.7 Å². The average Bonchev–Trinajstić information content (AvgIpc) is 3.07. The van der Waals surface area contributed by atoms with Gasteiger partial charge in [0.05, 0.1) is 5.56 Å². The number of amides is 1. The van der Waals surface area contributed by atoms with Crippen molar-refractivity contribution in [2.75, 3.05) is 5.32 Å². The Bertz CT molecular complexity index is 1200. The number of phenolic OH excluding ortho intramolecular Hbond substituents is 1. The number of carbonyl (C=O) groups is 2. The molecule has 2 aromatic heterocycles. The molecule has 0 aliphatic heterocycles. The SMILES string of the molecule is O=C(Nc1ccncc1)C(=O)c1cn(Cc2ccc(F)cc2)c2ccc(O)cc12. The maximum atomic E-state index is 13.2. The highest BCUT2D eigenvalue weighted by atomic mass is 19.1. The molecular weight excluding hydrogens is 373 g/mol. The quantitative estimate of drug-likeness (QED) is 0.402. The summed E-state index contributed by atoms with van der Waals surface area (Å²) in [5.41, 5.74) is 2.13. The van der Waals surface area contributed by atoms with E-state index in [9.17, 15) is 19.1 Å². The third-order valence-corrected chi connectivity index (χ3v) is 4.52. The lowest BCUT2D eigenvalue weighted by Crippen LogP contribution is -2.22. The minimum absolute atomic E-state index is 0.0133. The van der Waals surface area contributed by atoms with Crippen LogP contribution in [-0.4, -0.2) is 26.3 Å². The van der Waals surface area contributed by atoms with Crippen LogP contribution in [0.3, 0.4) is 0 Å². The van der Waals surface area contributed by atoms with E-state index in [0.717, 1.165) is 5.56 Å². The molecular formula is C22H16FN3O3. The molecule has 2 N–H and O–H groups in total. The summed E-state index contributed by atoms with van der Waals surface area (Å²) in [5.74, 6) is -1.86. The molecule has 0 saturated carbocycles. The van der Waals surface area contributed by atoms with Crippen LogP contribution in [0, 0.1) is 5.82 Å². The molecule has 0 unspecified atom stereocenters. The van der Waals surface area contributed by atoms with E-state index in [1.54, 1.807) is 41.1 Å². The molecule has 7 heteroatoms. The Kier molecular flexibility index (Phi) is 4.78. The standard InChI is InChI=1S/C22H16FN3O3/c23-15-3-1-14(2-4-15)12-26-13-19(18-11-17(27)5-6-20(18)26)21(28)22(29)25-16-7-9-24-10-8-16/h1-11,13,27H,12H2,(H,24,25,29). The molecule has 144 valence electrons. The molecule has 2 aromatic carbocycles. The molecule has 2 heterocycles. The number of halogens is 1. The van der Waals surface area contributed by atoms with Crippen LogP contribution in [0.5, 0.6) is 5.75 Å². The molecule has 0 fully saturated rings. The maximum absolute atomic E-state index is 13.2. The van der Waals surface area contributed by atoms with Crippen molar-refractivity contribution in [2.24, 2.45) is 0 Å². The van der Waals surface area contributed by atoms with E-state index in [1.165, 1.54) is 36.7 Å². The summed E-state index contributed by atoms with van der Waals surface area (Å²) in [4.78, 5) is 29.1. The van der Waals surface area contributed by atoms with Crippen molar-refractivity contribution < 1.29 is 19.1 Å². The Morgan fingerprint density at radius 1 is 1.03 bits per heavy atom. The van der Waals surface area contributed by atoms with Gasteiger partial charge in [0.2, 0.25) is 0 Å². The Morgan fingerprint density at radius 3 is 2.48 bits per heavy atom. The number of hydrogen-bond acceptors (Lipinski definition) is 4. The van der Waals surface area contributed by atoms with Crippen molar-refractivity contribution in [3.8, 4) is 5.75 Å². The summed E-state index contributed by atoms with van der Waals surface area (Å²) >= 11 is 0. The van der Waals surface area contributed by atoms with Gasteiger partial charge in [0.1, 0.15) is 11.6 Å². The summed E-state index contributed by atoms with van der Waals surface area (Å²) < 4.78 is 15.0. The fraction of sp³-hybridized carbons (Fsp3) is 0.0455. The summed E-state index contributed by atoms with van der Waals surface area (Å²) in [5, 5.41) is 12.9. The molecule has 4 aromatic rings. The van der Waals surface area contributed by atoms with Gasteiger partial charge in [-0.3, -0.25) is 14.6 Å². The zero-order valence-corrected chi connectivity index (χ0v) is 15.2. The third-order valence-electron chi connectivity index (χ3n) is 4.52. The first-order valence-electron chi connectivity index (χ1n) is 8.83. The minimum Gasteiger partial charge on any atom is -0.508 e. The van der Waals surface area contributed by atoms with Gasteiger partial charge in [-0.15, -0.1) is 0 Å². The van der Waals surface area contributed by atoms with Gasteiger partial charge in [0, 0.05) is 41.7 Å². The number of aromatic nitrogens is 2. The van der Waals surface area contributed by atoms with Gasteiger partial charge in [0.15, 0.2) is 0 Å². The number of benzene rings is 2. The van der Waals surface area contributed by atoms with Crippen LogP contribution in [0.15, 0.2) is 73.2 Å². The zero-order valence-electron chi connectivity index (χ0n) is 15.2. The molecule has 1 amide bonds. The van der Waals surface area contributed by atoms with Crippen LogP contribution >= 0.6 is 0 Å². The Balaban J connectivity index is 1.70. The minimum atomic E-state index is -0.791. The van der Waals surface area contributed by atoms with E-state index in [2.05, 4.69) is 10.3 Å². The topological polar surface area (TPSA) is 84.2 Å². The number of aromatic hydroxyl groups is 1. The van der Waals surface area contributed by atoms with Crippen LogP contribution in [0.4, 0.5) is 10.1 Å². The van der Waals surface area contributed by atoms with Crippen LogP contribution in [0.2, 0.25) is 0 Å². The first kappa shape index (κ1) is 18.4. The lowest BCUT2D eigenvalue weighted by molar-refractivity contribution is -0.112. The molecule has 0 radical (unpaired) electrons. The van der Waals surface area contributed by atoms with Crippen molar-refractivity contribution in [2.45, 2.75) is 6.54 Å². The predicted octanol–water partition coefficient (Wildman–Crippen LogP) is 3.75. The van der Waals surface area contributed by atoms with Gasteiger partial charge >= 0.3 is 0 Å². The second-order valence-electron chi connectivity index (χ2n) is 6.52. The largest absolute Gasteiger partial charge is 0.508 e. The molecule has 0 bridgehead atoms. The summed E-state index contributed by atoms with van der Waals surface area (Å²) in [6.45, 7) is 0.376. The van der Waals surface area contributed by atoms with Crippen molar-refractivity contribution in [1.29, 1.82) is 0 Å². The van der Waals surface area contributed by atoms with Gasteiger partial charge in [-0.25, -0.2) is 4.39 Å². The predicted molar refractivity (Wildman–Crippen MR) is 106 cm³/mol. The fourth-order valence-electron chi connectivity index (χ4n) is 3.13. The van der Waals surface area contributed by atoms with Crippen molar-refractivity contribution in [3.63, 3.8) is 0 Å². The van der Waals surface area contributed by atoms with Crippen LogP contribution in [-0.2, 0) is 11.3 Å². The number of ketones is 1. The highest BCUT2D eigenvalue weighted by Crippen LogP contribution is 2.27. The van der Waals surface area contributed by atoms with Crippen LogP contribution in [0.25, 0.3) is 10.9 Å². The number of fused-ring (bicyclic) bond motifs is 1. The molecule has 0 saturated heterocycles. The van der Waals surface area contributed by atoms with Crippen molar-refractivity contribution in [1.82, 2.24) is 9.55 Å². The zero-order chi connectivity index (χ0) is 20.4. The van der Waals surface area contributed by atoms with E-state index in [0.29, 0.717) is 23.1 Å². The fourth-order valence-corrected chi connectivity index (χ4v) is 3.13. The van der Waals surface area contributed by atoms with Crippen molar-refractivity contribution in [3.05, 3.63) is 90.1 Å². The highest BCUT2D eigenvalue weighted by molar-refractivity contribution is 6.48. The number of rotatable bonds is 5.